The lowest BCUT2D eigenvalue weighted by molar-refractivity contribution is -0.140. The molecule has 0 atom stereocenters. The van der Waals surface area contributed by atoms with Gasteiger partial charge in [-0.15, -0.1) is 0 Å². The summed E-state index contributed by atoms with van der Waals surface area (Å²) in [6.07, 6.45) is 1.76. The van der Waals surface area contributed by atoms with Crippen LogP contribution in [-0.2, 0) is 9.53 Å². The molecule has 0 aliphatic carbocycles. The second-order valence-corrected chi connectivity index (χ2v) is 1.53. The van der Waals surface area contributed by atoms with Gasteiger partial charge in [0.25, 0.3) is 0 Å². The molecule has 4 nitrogen and oxygen atoms in total. The molecule has 0 bridgehead atoms. The molecular weight excluding hydrogens is 120 g/mol. The van der Waals surface area contributed by atoms with Crippen LogP contribution in [0.1, 0.15) is 0 Å². The summed E-state index contributed by atoms with van der Waals surface area (Å²) < 4.78 is 4.29. The molecule has 0 aliphatic rings. The highest BCUT2D eigenvalue weighted by Crippen LogP contribution is 1.78. The Labute approximate surface area is 53.6 Å². The summed E-state index contributed by atoms with van der Waals surface area (Å²) in [5.74, 6) is -0.404. The van der Waals surface area contributed by atoms with E-state index >= 15 is 0 Å². The van der Waals surface area contributed by atoms with Crippen molar-refractivity contribution in [2.75, 3.05) is 20.7 Å². The molecule has 0 amide bonds. The minimum absolute atomic E-state index is 0.0208. The van der Waals surface area contributed by atoms with Crippen LogP contribution in [0.25, 0.3) is 0 Å². The Hall–Kier alpha value is -1.24. The Morgan fingerprint density at radius 1 is 1.89 bits per heavy atom. The van der Waals surface area contributed by atoms with Crippen molar-refractivity contribution < 1.29 is 9.53 Å². The van der Waals surface area contributed by atoms with E-state index in [0.29, 0.717) is 0 Å². The van der Waals surface area contributed by atoms with Gasteiger partial charge in [0.1, 0.15) is 6.54 Å². The van der Waals surface area contributed by atoms with Crippen molar-refractivity contribution in [2.45, 2.75) is 0 Å². The summed E-state index contributed by atoms with van der Waals surface area (Å²) in [6.45, 7) is 0.0208. The van der Waals surface area contributed by atoms with Crippen LogP contribution in [-0.4, -0.2) is 31.6 Å². The third-order valence-corrected chi connectivity index (χ3v) is 0.765. The van der Waals surface area contributed by atoms with Crippen molar-refractivity contribution in [1.82, 2.24) is 4.90 Å². The van der Waals surface area contributed by atoms with Crippen molar-refractivity contribution in [2.24, 2.45) is 0 Å². The van der Waals surface area contributed by atoms with Crippen LogP contribution < -0.4 is 0 Å². The number of rotatable bonds is 2. The van der Waals surface area contributed by atoms with Crippen molar-refractivity contribution >= 4 is 5.97 Å². The number of carbonyl (C=O) groups is 1. The summed E-state index contributed by atoms with van der Waals surface area (Å²) >= 11 is 0. The highest BCUT2D eigenvalue weighted by molar-refractivity contribution is 5.71. The average Bonchev–Trinajstić information content (AvgIpc) is 1.87. The normalized spacial score (nSPS) is 7.67. The predicted molar refractivity (Wildman–Crippen MR) is 30.3 cm³/mol. The van der Waals surface area contributed by atoms with E-state index in [4.69, 9.17) is 5.26 Å². The number of nitriles is 1. The van der Waals surface area contributed by atoms with Gasteiger partial charge in [-0.2, -0.15) is 5.26 Å². The molecule has 0 saturated heterocycles. The van der Waals surface area contributed by atoms with Gasteiger partial charge in [0.05, 0.1) is 7.11 Å². The number of hydrogen-bond acceptors (Lipinski definition) is 4. The fourth-order valence-electron chi connectivity index (χ4n) is 0.294. The van der Waals surface area contributed by atoms with Gasteiger partial charge in [0.2, 0.25) is 0 Å². The van der Waals surface area contributed by atoms with E-state index in [1.54, 1.807) is 6.19 Å². The van der Waals surface area contributed by atoms with Crippen molar-refractivity contribution in [3.63, 3.8) is 0 Å². The third-order valence-electron chi connectivity index (χ3n) is 0.765. The number of nitrogens with zero attached hydrogens (tertiary/aromatic N) is 2. The van der Waals surface area contributed by atoms with Gasteiger partial charge < -0.3 is 9.64 Å². The zero-order chi connectivity index (χ0) is 7.28. The van der Waals surface area contributed by atoms with E-state index in [9.17, 15) is 4.79 Å². The molecule has 0 rings (SSSR count). The standard InChI is InChI=1S/C5H8N2O2/c1-7(4-6)3-5(8)9-2/h3H2,1-2H3. The number of carbonyl (C=O) groups excluding carboxylic acids is 1. The first-order valence-corrected chi connectivity index (χ1v) is 2.38. The SMILES string of the molecule is COC(=O)CN(C)C#N. The summed E-state index contributed by atoms with van der Waals surface area (Å²) in [4.78, 5) is 11.6. The number of likely N-dealkylation sites (N-methyl/N-ethyl adjacent to an activating group) is 1. The largest absolute Gasteiger partial charge is 0.468 e. The van der Waals surface area contributed by atoms with Gasteiger partial charge in [0, 0.05) is 7.05 Å². The molecule has 9 heavy (non-hydrogen) atoms. The monoisotopic (exact) mass is 128 g/mol. The van der Waals surface area contributed by atoms with Crippen LogP contribution in [0.4, 0.5) is 0 Å². The Balaban J connectivity index is 3.50. The second kappa shape index (κ2) is 3.72. The van der Waals surface area contributed by atoms with E-state index in [2.05, 4.69) is 4.74 Å². The van der Waals surface area contributed by atoms with E-state index in [0.717, 1.165) is 0 Å². The molecule has 0 aliphatic heterocycles. The average molecular weight is 128 g/mol. The zero-order valence-electron chi connectivity index (χ0n) is 5.42. The summed E-state index contributed by atoms with van der Waals surface area (Å²) in [6, 6.07) is 0. The minimum atomic E-state index is -0.404. The molecule has 0 heterocycles. The Morgan fingerprint density at radius 3 is 2.78 bits per heavy atom. The van der Waals surface area contributed by atoms with Gasteiger partial charge in [-0.1, -0.05) is 0 Å². The van der Waals surface area contributed by atoms with Crippen LogP contribution in [0.3, 0.4) is 0 Å². The molecule has 0 aromatic rings. The lowest BCUT2D eigenvalue weighted by Gasteiger charge is -2.04. The molecule has 0 spiro atoms. The topological polar surface area (TPSA) is 53.3 Å². The van der Waals surface area contributed by atoms with Crippen molar-refractivity contribution in [3.8, 4) is 6.19 Å². The number of esters is 1. The molecule has 4 heteroatoms. The molecular formula is C5H8N2O2. The molecule has 0 aromatic carbocycles. The van der Waals surface area contributed by atoms with E-state index in [1.807, 2.05) is 0 Å². The minimum Gasteiger partial charge on any atom is -0.468 e. The van der Waals surface area contributed by atoms with Gasteiger partial charge in [-0.3, -0.25) is 4.79 Å². The predicted octanol–water partition coefficient (Wildman–Crippen LogP) is -0.428. The van der Waals surface area contributed by atoms with E-state index < -0.39 is 5.97 Å². The van der Waals surface area contributed by atoms with Crippen LogP contribution in [0, 0.1) is 11.5 Å². The highest BCUT2D eigenvalue weighted by Gasteiger charge is 2.01. The molecule has 0 radical (unpaired) electrons. The van der Waals surface area contributed by atoms with Crippen LogP contribution >= 0.6 is 0 Å². The van der Waals surface area contributed by atoms with Crippen LogP contribution in [0.15, 0.2) is 0 Å². The number of hydrogen-bond donors (Lipinski definition) is 0. The molecule has 0 saturated carbocycles. The summed E-state index contributed by atoms with van der Waals surface area (Å²) in [5, 5.41) is 8.15. The number of ether oxygens (including phenoxy) is 1. The maximum Gasteiger partial charge on any atom is 0.326 e. The lowest BCUT2D eigenvalue weighted by Crippen LogP contribution is -2.21. The Kier molecular flexibility index (Phi) is 3.21. The maximum absolute atomic E-state index is 10.4. The Morgan fingerprint density at radius 2 is 2.44 bits per heavy atom. The quantitative estimate of drug-likeness (QED) is 0.288. The highest BCUT2D eigenvalue weighted by atomic mass is 16.5. The van der Waals surface area contributed by atoms with Crippen LogP contribution in [0.2, 0.25) is 0 Å². The molecule has 0 unspecified atom stereocenters. The second-order valence-electron chi connectivity index (χ2n) is 1.53. The van der Waals surface area contributed by atoms with Gasteiger partial charge >= 0.3 is 5.97 Å². The van der Waals surface area contributed by atoms with E-state index in [1.165, 1.54) is 19.1 Å². The van der Waals surface area contributed by atoms with Gasteiger partial charge in [0.15, 0.2) is 6.19 Å². The fourth-order valence-corrected chi connectivity index (χ4v) is 0.294. The maximum atomic E-state index is 10.4. The zero-order valence-corrected chi connectivity index (χ0v) is 5.42. The first-order valence-electron chi connectivity index (χ1n) is 2.38. The lowest BCUT2D eigenvalue weighted by atomic mass is 10.6. The smallest absolute Gasteiger partial charge is 0.326 e. The summed E-state index contributed by atoms with van der Waals surface area (Å²) in [7, 11) is 2.80. The first kappa shape index (κ1) is 7.76. The number of methoxy groups -OCH3 is 1. The van der Waals surface area contributed by atoms with Gasteiger partial charge in [-0.25, -0.2) is 0 Å². The molecule has 0 aromatic heterocycles. The Bertz CT molecular complexity index is 138. The third kappa shape index (κ3) is 3.35. The molecule has 0 N–H and O–H groups in total. The van der Waals surface area contributed by atoms with Crippen LogP contribution in [0.5, 0.6) is 0 Å². The molecule has 0 fully saturated rings. The molecule has 50 valence electrons. The summed E-state index contributed by atoms with van der Waals surface area (Å²) in [5.41, 5.74) is 0. The van der Waals surface area contributed by atoms with E-state index in [-0.39, 0.29) is 6.54 Å². The van der Waals surface area contributed by atoms with Crippen molar-refractivity contribution in [1.29, 1.82) is 5.26 Å². The first-order chi connectivity index (χ1) is 4.20. The van der Waals surface area contributed by atoms with Crippen molar-refractivity contribution in [3.05, 3.63) is 0 Å². The van der Waals surface area contributed by atoms with Gasteiger partial charge in [-0.05, 0) is 0 Å². The fraction of sp³-hybridized carbons (Fsp3) is 0.600.